The molecule has 0 heterocycles. The predicted octanol–water partition coefficient (Wildman–Crippen LogP) is 4.73. The first-order valence-corrected chi connectivity index (χ1v) is 14.7. The SMILES string of the molecule is CCC/C=C\CCCCCCCC(=O)OC(COCCC(C(=O)[O-])[N+](C)(C)C)COC(=O)CCCCCC. The summed E-state index contributed by atoms with van der Waals surface area (Å²) in [6.45, 7) is 4.43. The average Bonchev–Trinajstić information content (AvgIpc) is 2.84. The van der Waals surface area contributed by atoms with Crippen LogP contribution in [0.1, 0.15) is 110 Å². The van der Waals surface area contributed by atoms with Crippen molar-refractivity contribution >= 4 is 17.9 Å². The van der Waals surface area contributed by atoms with Crippen LogP contribution in [0.15, 0.2) is 12.2 Å². The van der Waals surface area contributed by atoms with Gasteiger partial charge in [-0.3, -0.25) is 9.59 Å². The van der Waals surface area contributed by atoms with Crippen molar-refractivity contribution in [3.05, 3.63) is 12.2 Å². The van der Waals surface area contributed by atoms with E-state index in [0.29, 0.717) is 12.8 Å². The molecule has 0 aromatic carbocycles. The molecule has 0 saturated carbocycles. The predicted molar refractivity (Wildman–Crippen MR) is 148 cm³/mol. The van der Waals surface area contributed by atoms with Crippen molar-refractivity contribution < 1.29 is 38.2 Å². The second kappa shape index (κ2) is 23.0. The normalized spacial score (nSPS) is 13.4. The number of carbonyl (C=O) groups excluding carboxylic acids is 3. The fraction of sp³-hybridized carbons (Fsp3) is 0.833. The van der Waals surface area contributed by atoms with Gasteiger partial charge in [0.15, 0.2) is 6.10 Å². The van der Waals surface area contributed by atoms with Crippen molar-refractivity contribution in [1.82, 2.24) is 0 Å². The third-order valence-electron chi connectivity index (χ3n) is 6.38. The fourth-order valence-corrected chi connectivity index (χ4v) is 4.01. The Morgan fingerprint density at radius 3 is 2.00 bits per heavy atom. The Morgan fingerprint density at radius 1 is 0.763 bits per heavy atom. The molecule has 0 saturated heterocycles. The molecule has 0 fully saturated rings. The van der Waals surface area contributed by atoms with E-state index < -0.39 is 18.1 Å². The van der Waals surface area contributed by atoms with Crippen molar-refractivity contribution in [2.45, 2.75) is 122 Å². The summed E-state index contributed by atoms with van der Waals surface area (Å²) in [5.74, 6) is -1.78. The highest BCUT2D eigenvalue weighted by Gasteiger charge is 2.25. The Hall–Kier alpha value is -1.93. The summed E-state index contributed by atoms with van der Waals surface area (Å²) in [6.07, 6.45) is 17.2. The largest absolute Gasteiger partial charge is 0.544 e. The molecule has 0 aliphatic heterocycles. The molecule has 38 heavy (non-hydrogen) atoms. The smallest absolute Gasteiger partial charge is 0.306 e. The molecule has 0 rings (SSSR count). The molecule has 222 valence electrons. The Labute approximate surface area is 231 Å². The van der Waals surface area contributed by atoms with Gasteiger partial charge in [-0.2, -0.15) is 0 Å². The monoisotopic (exact) mass is 541 g/mol. The van der Waals surface area contributed by atoms with Gasteiger partial charge in [-0.15, -0.1) is 0 Å². The summed E-state index contributed by atoms with van der Waals surface area (Å²) < 4.78 is 16.8. The standard InChI is InChI=1S/C30H55NO7/c1-6-8-10-12-13-14-15-16-17-19-21-29(33)38-26(25-37-28(32)20-18-11-9-7-2)24-36-23-22-27(30(34)35)31(3,4)5/h10,12,26-27H,6-9,11,13-25H2,1-5H3/b12-10-. The van der Waals surface area contributed by atoms with Crippen molar-refractivity contribution in [2.75, 3.05) is 41.0 Å². The summed E-state index contributed by atoms with van der Waals surface area (Å²) in [4.78, 5) is 36.0. The van der Waals surface area contributed by atoms with Gasteiger partial charge in [-0.25, -0.2) is 0 Å². The van der Waals surface area contributed by atoms with Gasteiger partial charge in [-0.05, 0) is 32.1 Å². The molecular formula is C30H55NO7. The van der Waals surface area contributed by atoms with Crippen LogP contribution in [0.5, 0.6) is 0 Å². The Balaban J connectivity index is 4.50. The molecule has 0 radical (unpaired) electrons. The lowest BCUT2D eigenvalue weighted by molar-refractivity contribution is -0.889. The van der Waals surface area contributed by atoms with E-state index in [0.717, 1.165) is 64.2 Å². The van der Waals surface area contributed by atoms with Gasteiger partial charge in [0, 0.05) is 19.3 Å². The van der Waals surface area contributed by atoms with Crippen LogP contribution < -0.4 is 5.11 Å². The third-order valence-corrected chi connectivity index (χ3v) is 6.38. The fourth-order valence-electron chi connectivity index (χ4n) is 4.01. The van der Waals surface area contributed by atoms with Crippen LogP contribution in [-0.2, 0) is 28.6 Å². The highest BCUT2D eigenvalue weighted by Crippen LogP contribution is 2.11. The number of ether oxygens (including phenoxy) is 3. The molecule has 0 spiro atoms. The Bertz CT molecular complexity index is 657. The molecular weight excluding hydrogens is 486 g/mol. The minimum Gasteiger partial charge on any atom is -0.544 e. The number of allylic oxidation sites excluding steroid dienone is 2. The van der Waals surface area contributed by atoms with Gasteiger partial charge in [0.2, 0.25) is 0 Å². The Morgan fingerprint density at radius 2 is 1.37 bits per heavy atom. The first-order valence-electron chi connectivity index (χ1n) is 14.7. The molecule has 0 aliphatic carbocycles. The molecule has 0 amide bonds. The molecule has 8 heteroatoms. The highest BCUT2D eigenvalue weighted by atomic mass is 16.6. The number of nitrogens with zero attached hydrogens (tertiary/aromatic N) is 1. The summed E-state index contributed by atoms with van der Waals surface area (Å²) in [7, 11) is 5.36. The van der Waals surface area contributed by atoms with Crippen LogP contribution in [0, 0.1) is 0 Å². The van der Waals surface area contributed by atoms with Crippen molar-refractivity contribution in [1.29, 1.82) is 0 Å². The van der Waals surface area contributed by atoms with Crippen LogP contribution in [0.4, 0.5) is 0 Å². The molecule has 0 aliphatic rings. The maximum atomic E-state index is 12.4. The van der Waals surface area contributed by atoms with E-state index in [2.05, 4.69) is 26.0 Å². The lowest BCUT2D eigenvalue weighted by atomic mass is 10.1. The van der Waals surface area contributed by atoms with Crippen LogP contribution >= 0.6 is 0 Å². The number of carbonyl (C=O) groups is 3. The van der Waals surface area contributed by atoms with Crippen molar-refractivity contribution in [3.63, 3.8) is 0 Å². The highest BCUT2D eigenvalue weighted by molar-refractivity contribution is 5.70. The lowest BCUT2D eigenvalue weighted by Crippen LogP contribution is -2.55. The van der Waals surface area contributed by atoms with Crippen LogP contribution in [-0.4, -0.2) is 75.5 Å². The first-order chi connectivity index (χ1) is 18.1. The maximum absolute atomic E-state index is 12.4. The minimum atomic E-state index is -1.13. The first kappa shape index (κ1) is 36.1. The number of hydrogen-bond acceptors (Lipinski definition) is 7. The molecule has 0 N–H and O–H groups in total. The van der Waals surface area contributed by atoms with Gasteiger partial charge in [-0.1, -0.05) is 70.9 Å². The van der Waals surface area contributed by atoms with Crippen molar-refractivity contribution in [3.8, 4) is 0 Å². The van der Waals surface area contributed by atoms with Gasteiger partial charge in [0.05, 0.1) is 40.3 Å². The number of hydrogen-bond donors (Lipinski definition) is 0. The molecule has 8 nitrogen and oxygen atoms in total. The Kier molecular flexibility index (Phi) is 21.8. The molecule has 0 bridgehead atoms. The zero-order valence-electron chi connectivity index (χ0n) is 24.8. The second-order valence-electron chi connectivity index (χ2n) is 11.0. The minimum absolute atomic E-state index is 0.0390. The summed E-state index contributed by atoms with van der Waals surface area (Å²) >= 11 is 0. The number of esters is 2. The zero-order valence-corrected chi connectivity index (χ0v) is 24.8. The zero-order chi connectivity index (χ0) is 28.7. The third kappa shape index (κ3) is 21.1. The van der Waals surface area contributed by atoms with E-state index in [-0.39, 0.29) is 42.7 Å². The van der Waals surface area contributed by atoms with Gasteiger partial charge >= 0.3 is 11.9 Å². The van der Waals surface area contributed by atoms with Gasteiger partial charge in [0.25, 0.3) is 0 Å². The van der Waals surface area contributed by atoms with Crippen LogP contribution in [0.25, 0.3) is 0 Å². The van der Waals surface area contributed by atoms with Crippen LogP contribution in [0.2, 0.25) is 0 Å². The molecule has 2 unspecified atom stereocenters. The average molecular weight is 542 g/mol. The lowest BCUT2D eigenvalue weighted by Gasteiger charge is -2.34. The summed E-state index contributed by atoms with van der Waals surface area (Å²) in [5, 5.41) is 11.4. The van der Waals surface area contributed by atoms with E-state index in [1.165, 1.54) is 12.8 Å². The second-order valence-corrected chi connectivity index (χ2v) is 11.0. The number of likely N-dealkylation sites (N-methyl/N-ethyl adjacent to an activating group) is 1. The van der Waals surface area contributed by atoms with E-state index >= 15 is 0 Å². The number of quaternary nitrogens is 1. The van der Waals surface area contributed by atoms with Crippen LogP contribution in [0.3, 0.4) is 0 Å². The van der Waals surface area contributed by atoms with Gasteiger partial charge in [0.1, 0.15) is 12.6 Å². The number of carboxylic acids is 1. The quantitative estimate of drug-likeness (QED) is 0.0712. The number of carboxylic acid groups (broad SMARTS) is 1. The number of aliphatic carboxylic acids is 1. The number of rotatable bonds is 25. The molecule has 2 atom stereocenters. The van der Waals surface area contributed by atoms with Crippen molar-refractivity contribution in [2.24, 2.45) is 0 Å². The molecule has 0 aromatic rings. The van der Waals surface area contributed by atoms with Gasteiger partial charge < -0.3 is 28.6 Å². The maximum Gasteiger partial charge on any atom is 0.306 e. The van der Waals surface area contributed by atoms with E-state index in [1.54, 1.807) is 21.1 Å². The molecule has 0 aromatic heterocycles. The topological polar surface area (TPSA) is 102 Å². The summed E-state index contributed by atoms with van der Waals surface area (Å²) in [6, 6.07) is -0.718. The van der Waals surface area contributed by atoms with E-state index in [9.17, 15) is 19.5 Å². The van der Waals surface area contributed by atoms with E-state index in [4.69, 9.17) is 14.2 Å². The van der Waals surface area contributed by atoms with E-state index in [1.807, 2.05) is 0 Å². The summed E-state index contributed by atoms with van der Waals surface area (Å²) in [5.41, 5.74) is 0. The number of unbranched alkanes of at least 4 members (excludes halogenated alkanes) is 9.